The number of carboxylic acids is 2. The zero-order valence-electron chi connectivity index (χ0n) is 16.8. The summed E-state index contributed by atoms with van der Waals surface area (Å²) in [6.45, 7) is 5.18. The van der Waals surface area contributed by atoms with Gasteiger partial charge < -0.3 is 20.1 Å². The minimum atomic E-state index is -1.31. The normalized spacial score (nSPS) is 12.7. The molecule has 1 unspecified atom stereocenters. The van der Waals surface area contributed by atoms with Crippen LogP contribution in [0.5, 0.6) is 5.75 Å². The Labute approximate surface area is 170 Å². The van der Waals surface area contributed by atoms with Crippen LogP contribution >= 0.6 is 0 Å². The van der Waals surface area contributed by atoms with Gasteiger partial charge in [0.15, 0.2) is 0 Å². The van der Waals surface area contributed by atoms with Gasteiger partial charge in [-0.05, 0) is 49.9 Å². The average molecular weight is 398 g/mol. The van der Waals surface area contributed by atoms with Crippen LogP contribution in [0.15, 0.2) is 54.6 Å². The molecule has 0 saturated heterocycles. The molecule has 0 aliphatic rings. The quantitative estimate of drug-likeness (QED) is 0.538. The molecule has 6 nitrogen and oxygen atoms in total. The van der Waals surface area contributed by atoms with Crippen molar-refractivity contribution < 1.29 is 29.6 Å². The van der Waals surface area contributed by atoms with Gasteiger partial charge >= 0.3 is 11.9 Å². The van der Waals surface area contributed by atoms with Gasteiger partial charge in [0.05, 0.1) is 16.7 Å². The molecule has 0 aromatic heterocycles. The van der Waals surface area contributed by atoms with E-state index in [0.29, 0.717) is 23.3 Å². The molecule has 6 heteroatoms. The summed E-state index contributed by atoms with van der Waals surface area (Å²) in [7, 11) is 0. The highest BCUT2D eigenvalue weighted by Gasteiger charge is 2.25. The zero-order chi connectivity index (χ0) is 21.6. The van der Waals surface area contributed by atoms with Crippen molar-refractivity contribution in [2.45, 2.75) is 45.3 Å². The second-order valence-electron chi connectivity index (χ2n) is 7.46. The van der Waals surface area contributed by atoms with Crippen molar-refractivity contribution in [3.8, 4) is 5.75 Å². The molecule has 0 bridgehead atoms. The van der Waals surface area contributed by atoms with Gasteiger partial charge in [-0.25, -0.2) is 9.59 Å². The van der Waals surface area contributed by atoms with Crippen LogP contribution in [0.2, 0.25) is 0 Å². The maximum Gasteiger partial charge on any atom is 0.336 e. The van der Waals surface area contributed by atoms with E-state index >= 15 is 0 Å². The Kier molecular flexibility index (Phi) is 7.18. The van der Waals surface area contributed by atoms with Gasteiger partial charge in [-0.1, -0.05) is 43.3 Å². The predicted octanol–water partition coefficient (Wildman–Crippen LogP) is 4.48. The number of aliphatic hydroxyl groups is 1. The first-order valence-electron chi connectivity index (χ1n) is 9.30. The van der Waals surface area contributed by atoms with Gasteiger partial charge in [0.2, 0.25) is 0 Å². The summed E-state index contributed by atoms with van der Waals surface area (Å²) >= 11 is 0. The van der Waals surface area contributed by atoms with Crippen molar-refractivity contribution in [3.63, 3.8) is 0 Å². The van der Waals surface area contributed by atoms with E-state index in [1.165, 1.54) is 6.07 Å². The lowest BCUT2D eigenvalue weighted by Crippen LogP contribution is -2.16. The van der Waals surface area contributed by atoms with Gasteiger partial charge in [0.25, 0.3) is 0 Å². The van der Waals surface area contributed by atoms with Gasteiger partial charge in [0, 0.05) is 5.56 Å². The van der Waals surface area contributed by atoms with Crippen LogP contribution in [-0.4, -0.2) is 32.9 Å². The Morgan fingerprint density at radius 3 is 2.28 bits per heavy atom. The fourth-order valence-electron chi connectivity index (χ4n) is 3.06. The Morgan fingerprint density at radius 2 is 1.72 bits per heavy atom. The maximum absolute atomic E-state index is 11.9. The van der Waals surface area contributed by atoms with E-state index in [-0.39, 0.29) is 23.7 Å². The summed E-state index contributed by atoms with van der Waals surface area (Å²) in [4.78, 5) is 23.5. The number of hydrogen-bond donors (Lipinski definition) is 3. The average Bonchev–Trinajstić information content (AvgIpc) is 2.64. The van der Waals surface area contributed by atoms with E-state index in [9.17, 15) is 24.9 Å². The van der Waals surface area contributed by atoms with Crippen molar-refractivity contribution in [3.05, 3.63) is 76.9 Å². The number of carbonyl (C=O) groups is 2. The van der Waals surface area contributed by atoms with E-state index in [0.717, 1.165) is 0 Å². The van der Waals surface area contributed by atoms with E-state index in [2.05, 4.69) is 0 Å². The van der Waals surface area contributed by atoms with Crippen molar-refractivity contribution in [1.29, 1.82) is 0 Å². The van der Waals surface area contributed by atoms with E-state index in [4.69, 9.17) is 4.74 Å². The second kappa shape index (κ2) is 9.39. The molecule has 154 valence electrons. The van der Waals surface area contributed by atoms with Crippen LogP contribution in [-0.2, 0) is 6.61 Å². The summed E-state index contributed by atoms with van der Waals surface area (Å²) in [6, 6.07) is 11.9. The van der Waals surface area contributed by atoms with E-state index < -0.39 is 17.5 Å². The molecule has 2 aromatic rings. The Bertz CT molecular complexity index is 894. The van der Waals surface area contributed by atoms with Gasteiger partial charge in [-0.15, -0.1) is 0 Å². The van der Waals surface area contributed by atoms with Crippen LogP contribution in [0.4, 0.5) is 0 Å². The minimum Gasteiger partial charge on any atom is -0.489 e. The molecule has 1 atom stereocenters. The summed E-state index contributed by atoms with van der Waals surface area (Å²) in [5.41, 5.74) is -0.441. The lowest BCUT2D eigenvalue weighted by atomic mass is 9.87. The molecule has 0 saturated carbocycles. The van der Waals surface area contributed by atoms with Crippen LogP contribution in [0.3, 0.4) is 0 Å². The molecule has 29 heavy (non-hydrogen) atoms. The molecular formula is C23H26O6. The van der Waals surface area contributed by atoms with E-state index in [1.807, 2.05) is 19.1 Å². The Balaban J connectivity index is 2.45. The van der Waals surface area contributed by atoms with Gasteiger partial charge in [-0.3, -0.25) is 0 Å². The van der Waals surface area contributed by atoms with Crippen LogP contribution < -0.4 is 4.74 Å². The Morgan fingerprint density at radius 1 is 1.07 bits per heavy atom. The highest BCUT2D eigenvalue weighted by atomic mass is 16.5. The second-order valence-corrected chi connectivity index (χ2v) is 7.46. The third-order valence-electron chi connectivity index (χ3n) is 4.47. The highest BCUT2D eigenvalue weighted by Crippen LogP contribution is 2.30. The summed E-state index contributed by atoms with van der Waals surface area (Å²) in [5.74, 6) is -2.16. The number of ether oxygens (including phenoxy) is 1. The number of hydrogen-bond acceptors (Lipinski definition) is 4. The molecule has 0 spiro atoms. The van der Waals surface area contributed by atoms with Crippen LogP contribution in [0, 0.1) is 0 Å². The van der Waals surface area contributed by atoms with E-state index in [1.54, 1.807) is 50.3 Å². The number of allylic oxidation sites excluding steroid dienone is 1. The number of carboxylic acid groups (broad SMARTS) is 2. The molecule has 2 aromatic carbocycles. The standard InChI is InChI=1S/C23H26O6/c1-15(8-7-13-23(2,3)28)17-11-12-18(21(24)25)20(22(26)27)19(17)14-29-16-9-5-4-6-10-16/h4-7,9-13,15,28H,8,14H2,1-3H3,(H,24,25)(H,26,27). The third kappa shape index (κ3) is 6.19. The van der Waals surface area contributed by atoms with Crippen molar-refractivity contribution in [1.82, 2.24) is 0 Å². The summed E-state index contributed by atoms with van der Waals surface area (Å²) < 4.78 is 5.75. The first-order chi connectivity index (χ1) is 13.6. The number of benzene rings is 2. The fourth-order valence-corrected chi connectivity index (χ4v) is 3.06. The minimum absolute atomic E-state index is 0.0678. The first kappa shape index (κ1) is 22.2. The largest absolute Gasteiger partial charge is 0.489 e. The van der Waals surface area contributed by atoms with Crippen molar-refractivity contribution in [2.24, 2.45) is 0 Å². The number of para-hydroxylation sites is 1. The molecule has 3 N–H and O–H groups in total. The molecule has 0 aliphatic carbocycles. The summed E-state index contributed by atoms with van der Waals surface area (Å²) in [6.07, 6.45) is 4.05. The van der Waals surface area contributed by atoms with Gasteiger partial charge in [0.1, 0.15) is 12.4 Å². The van der Waals surface area contributed by atoms with Crippen molar-refractivity contribution >= 4 is 11.9 Å². The number of aromatic carboxylic acids is 2. The monoisotopic (exact) mass is 398 g/mol. The lowest BCUT2D eigenvalue weighted by Gasteiger charge is -2.20. The fraction of sp³-hybridized carbons (Fsp3) is 0.304. The highest BCUT2D eigenvalue weighted by molar-refractivity contribution is 6.03. The topological polar surface area (TPSA) is 104 Å². The molecular weight excluding hydrogens is 372 g/mol. The molecule has 0 fully saturated rings. The SMILES string of the molecule is CC(CC=CC(C)(C)O)c1ccc(C(=O)O)c(C(=O)O)c1COc1ccccc1. The summed E-state index contributed by atoms with van der Waals surface area (Å²) in [5, 5.41) is 29.0. The van der Waals surface area contributed by atoms with Gasteiger partial charge in [-0.2, -0.15) is 0 Å². The predicted molar refractivity (Wildman–Crippen MR) is 110 cm³/mol. The maximum atomic E-state index is 11.9. The molecule has 0 aliphatic heterocycles. The number of rotatable bonds is 9. The molecule has 0 heterocycles. The van der Waals surface area contributed by atoms with Crippen LogP contribution in [0.25, 0.3) is 0 Å². The lowest BCUT2D eigenvalue weighted by molar-refractivity contribution is 0.0649. The first-order valence-corrected chi connectivity index (χ1v) is 9.30. The van der Waals surface area contributed by atoms with Crippen molar-refractivity contribution in [2.75, 3.05) is 0 Å². The third-order valence-corrected chi connectivity index (χ3v) is 4.47. The molecule has 2 rings (SSSR count). The van der Waals surface area contributed by atoms with Crippen LogP contribution in [0.1, 0.15) is 65.0 Å². The smallest absolute Gasteiger partial charge is 0.336 e. The molecule has 0 amide bonds. The molecule has 0 radical (unpaired) electrons. The Hall–Kier alpha value is -3.12. The zero-order valence-corrected chi connectivity index (χ0v) is 16.8.